The molecule has 1 aromatic carbocycles. The van der Waals surface area contributed by atoms with Gasteiger partial charge >= 0.3 is 12.0 Å². The van der Waals surface area contributed by atoms with E-state index in [1.165, 1.54) is 24.3 Å². The Morgan fingerprint density at radius 2 is 2.00 bits per heavy atom. The SMILES string of the molecule is CCCCCOC(=O)C1C(C)=NC(=O)NC1c1ccc([N+](=O)[O-])cc1. The van der Waals surface area contributed by atoms with Crippen LogP contribution in [0, 0.1) is 16.0 Å². The van der Waals surface area contributed by atoms with Crippen molar-refractivity contribution in [1.29, 1.82) is 0 Å². The van der Waals surface area contributed by atoms with E-state index in [9.17, 15) is 19.7 Å². The Kier molecular flexibility index (Phi) is 6.21. The van der Waals surface area contributed by atoms with Crippen molar-refractivity contribution in [3.8, 4) is 0 Å². The average Bonchev–Trinajstić information content (AvgIpc) is 2.58. The van der Waals surface area contributed by atoms with E-state index in [0.29, 0.717) is 17.9 Å². The van der Waals surface area contributed by atoms with E-state index in [0.717, 1.165) is 19.3 Å². The normalized spacial score (nSPS) is 19.8. The Labute approximate surface area is 145 Å². The number of hydrogen-bond acceptors (Lipinski definition) is 5. The highest BCUT2D eigenvalue weighted by atomic mass is 16.6. The summed E-state index contributed by atoms with van der Waals surface area (Å²) in [5.74, 6) is -1.21. The molecule has 0 aromatic heterocycles. The van der Waals surface area contributed by atoms with Gasteiger partial charge in [0.05, 0.1) is 17.6 Å². The highest BCUT2D eigenvalue weighted by molar-refractivity contribution is 6.08. The number of unbranched alkanes of at least 4 members (excludes halogenated alkanes) is 2. The molecule has 0 saturated heterocycles. The fraction of sp³-hybridized carbons (Fsp3) is 0.471. The molecule has 2 amide bonds. The molecular weight excluding hydrogens is 326 g/mol. The quantitative estimate of drug-likeness (QED) is 0.352. The first kappa shape index (κ1) is 18.6. The second-order valence-corrected chi connectivity index (χ2v) is 5.88. The molecule has 0 fully saturated rings. The Bertz CT molecular complexity index is 684. The fourth-order valence-electron chi connectivity index (χ4n) is 2.72. The molecule has 0 bridgehead atoms. The second-order valence-electron chi connectivity index (χ2n) is 5.88. The van der Waals surface area contributed by atoms with E-state index < -0.39 is 28.9 Å². The summed E-state index contributed by atoms with van der Waals surface area (Å²) in [6.45, 7) is 3.98. The van der Waals surface area contributed by atoms with E-state index >= 15 is 0 Å². The highest BCUT2D eigenvalue weighted by Crippen LogP contribution is 2.29. The summed E-state index contributed by atoms with van der Waals surface area (Å²) in [6.07, 6.45) is 2.76. The molecule has 0 saturated carbocycles. The Balaban J connectivity index is 2.20. The molecule has 1 aliphatic heterocycles. The smallest absolute Gasteiger partial charge is 0.341 e. The van der Waals surface area contributed by atoms with Gasteiger partial charge in [-0.05, 0) is 18.9 Å². The van der Waals surface area contributed by atoms with Crippen LogP contribution in [0.1, 0.15) is 44.7 Å². The molecule has 1 aromatic rings. The molecule has 1 aliphatic rings. The van der Waals surface area contributed by atoms with Crippen molar-refractivity contribution in [2.75, 3.05) is 6.61 Å². The standard InChI is InChI=1S/C17H21N3O5/c1-3-4-5-10-25-16(21)14-11(2)18-17(22)19-15(14)12-6-8-13(9-7-12)20(23)24/h6-9,14-15H,3-5,10H2,1-2H3,(H,19,22). The van der Waals surface area contributed by atoms with Gasteiger partial charge in [0, 0.05) is 17.8 Å². The zero-order valence-electron chi connectivity index (χ0n) is 14.2. The van der Waals surface area contributed by atoms with E-state index in [4.69, 9.17) is 4.74 Å². The molecule has 25 heavy (non-hydrogen) atoms. The van der Waals surface area contributed by atoms with Gasteiger partial charge in [0.1, 0.15) is 5.92 Å². The zero-order valence-corrected chi connectivity index (χ0v) is 14.2. The van der Waals surface area contributed by atoms with Crippen LogP contribution in [-0.4, -0.2) is 29.2 Å². The maximum absolute atomic E-state index is 12.5. The number of non-ortho nitro benzene ring substituents is 1. The fourth-order valence-corrected chi connectivity index (χ4v) is 2.72. The first-order valence-corrected chi connectivity index (χ1v) is 8.20. The molecule has 0 spiro atoms. The molecule has 8 nitrogen and oxygen atoms in total. The van der Waals surface area contributed by atoms with Crippen LogP contribution >= 0.6 is 0 Å². The van der Waals surface area contributed by atoms with Crippen molar-refractivity contribution in [1.82, 2.24) is 5.32 Å². The number of amides is 2. The van der Waals surface area contributed by atoms with Crippen LogP contribution in [0.5, 0.6) is 0 Å². The van der Waals surface area contributed by atoms with Crippen molar-refractivity contribution in [3.05, 3.63) is 39.9 Å². The predicted octanol–water partition coefficient (Wildman–Crippen LogP) is 3.17. The van der Waals surface area contributed by atoms with Crippen LogP contribution in [0.3, 0.4) is 0 Å². The van der Waals surface area contributed by atoms with E-state index in [1.54, 1.807) is 6.92 Å². The number of nitro groups is 1. The molecule has 8 heteroatoms. The van der Waals surface area contributed by atoms with Crippen molar-refractivity contribution in [2.24, 2.45) is 10.9 Å². The number of aliphatic imine (C=N–C) groups is 1. The second kappa shape index (κ2) is 8.36. The van der Waals surface area contributed by atoms with Crippen LogP contribution < -0.4 is 5.32 Å². The molecular formula is C17H21N3O5. The average molecular weight is 347 g/mol. The number of benzene rings is 1. The van der Waals surface area contributed by atoms with Gasteiger partial charge in [-0.2, -0.15) is 0 Å². The van der Waals surface area contributed by atoms with Crippen LogP contribution in [0.4, 0.5) is 10.5 Å². The number of nitrogens with one attached hydrogen (secondary N) is 1. The van der Waals surface area contributed by atoms with Gasteiger partial charge in [-0.25, -0.2) is 9.79 Å². The number of hydrogen-bond donors (Lipinski definition) is 1. The molecule has 2 unspecified atom stereocenters. The minimum Gasteiger partial charge on any atom is -0.465 e. The van der Waals surface area contributed by atoms with E-state index in [-0.39, 0.29) is 5.69 Å². The van der Waals surface area contributed by atoms with Crippen LogP contribution in [0.15, 0.2) is 29.3 Å². The number of ether oxygens (including phenoxy) is 1. The maximum Gasteiger partial charge on any atom is 0.341 e. The highest BCUT2D eigenvalue weighted by Gasteiger charge is 2.38. The van der Waals surface area contributed by atoms with Gasteiger partial charge < -0.3 is 10.1 Å². The van der Waals surface area contributed by atoms with Crippen molar-refractivity contribution in [2.45, 2.75) is 39.2 Å². The van der Waals surface area contributed by atoms with Gasteiger partial charge in [-0.3, -0.25) is 14.9 Å². The van der Waals surface area contributed by atoms with Crippen molar-refractivity contribution in [3.63, 3.8) is 0 Å². The number of rotatable bonds is 7. The van der Waals surface area contributed by atoms with Gasteiger partial charge in [-0.15, -0.1) is 0 Å². The number of carbonyl (C=O) groups is 2. The van der Waals surface area contributed by atoms with Gasteiger partial charge in [0.25, 0.3) is 5.69 Å². The number of urea groups is 1. The van der Waals surface area contributed by atoms with Crippen LogP contribution in [-0.2, 0) is 9.53 Å². The molecule has 2 atom stereocenters. The predicted molar refractivity (Wildman–Crippen MR) is 91.5 cm³/mol. The van der Waals surface area contributed by atoms with Gasteiger partial charge in [0.2, 0.25) is 0 Å². The number of esters is 1. The summed E-state index contributed by atoms with van der Waals surface area (Å²) in [7, 11) is 0. The zero-order chi connectivity index (χ0) is 18.4. The number of nitrogens with zero attached hydrogens (tertiary/aromatic N) is 2. The molecule has 1 heterocycles. The van der Waals surface area contributed by atoms with Crippen molar-refractivity contribution < 1.29 is 19.2 Å². The summed E-state index contributed by atoms with van der Waals surface area (Å²) in [5, 5.41) is 13.4. The largest absolute Gasteiger partial charge is 0.465 e. The van der Waals surface area contributed by atoms with E-state index in [2.05, 4.69) is 17.2 Å². The maximum atomic E-state index is 12.5. The van der Waals surface area contributed by atoms with Crippen molar-refractivity contribution >= 4 is 23.4 Å². The third kappa shape index (κ3) is 4.62. The minimum atomic E-state index is -0.749. The van der Waals surface area contributed by atoms with Gasteiger partial charge in [0.15, 0.2) is 0 Å². The number of carbonyl (C=O) groups excluding carboxylic acids is 2. The van der Waals surface area contributed by atoms with E-state index in [1.807, 2.05) is 0 Å². The molecule has 1 N–H and O–H groups in total. The third-order valence-corrected chi connectivity index (χ3v) is 4.05. The summed E-state index contributed by atoms with van der Waals surface area (Å²) < 4.78 is 5.32. The summed E-state index contributed by atoms with van der Waals surface area (Å²) in [4.78, 5) is 38.3. The summed E-state index contributed by atoms with van der Waals surface area (Å²) in [5.41, 5.74) is 0.895. The molecule has 0 aliphatic carbocycles. The Morgan fingerprint density at radius 3 is 2.60 bits per heavy atom. The Morgan fingerprint density at radius 1 is 1.32 bits per heavy atom. The lowest BCUT2D eigenvalue weighted by Crippen LogP contribution is -2.44. The molecule has 134 valence electrons. The first-order valence-electron chi connectivity index (χ1n) is 8.20. The lowest BCUT2D eigenvalue weighted by molar-refractivity contribution is -0.384. The van der Waals surface area contributed by atoms with Crippen LogP contribution in [0.2, 0.25) is 0 Å². The lowest BCUT2D eigenvalue weighted by atomic mass is 9.88. The van der Waals surface area contributed by atoms with Crippen LogP contribution in [0.25, 0.3) is 0 Å². The molecule has 0 radical (unpaired) electrons. The lowest BCUT2D eigenvalue weighted by Gasteiger charge is -2.29. The number of nitro benzene ring substituents is 1. The summed E-state index contributed by atoms with van der Waals surface area (Å²) in [6, 6.07) is 4.52. The Hall–Kier alpha value is -2.77. The minimum absolute atomic E-state index is 0.0602. The first-order chi connectivity index (χ1) is 11.9. The molecule has 2 rings (SSSR count). The van der Waals surface area contributed by atoms with Gasteiger partial charge in [-0.1, -0.05) is 31.9 Å². The summed E-state index contributed by atoms with van der Waals surface area (Å²) >= 11 is 0. The monoisotopic (exact) mass is 347 g/mol. The third-order valence-electron chi connectivity index (χ3n) is 4.05. The topological polar surface area (TPSA) is 111 Å².